The molecule has 0 spiro atoms. The van der Waals surface area contributed by atoms with Crippen LogP contribution in [0.25, 0.3) is 11.4 Å². The highest BCUT2D eigenvalue weighted by Crippen LogP contribution is 2.20. The third kappa shape index (κ3) is 4.20. The summed E-state index contributed by atoms with van der Waals surface area (Å²) in [5, 5.41) is 7.71. The summed E-state index contributed by atoms with van der Waals surface area (Å²) in [7, 11) is 1.63. The highest BCUT2D eigenvalue weighted by Gasteiger charge is 2.18. The molecule has 0 fully saturated rings. The van der Waals surface area contributed by atoms with Gasteiger partial charge in [0.2, 0.25) is 5.95 Å². The predicted molar refractivity (Wildman–Crippen MR) is 114 cm³/mol. The van der Waals surface area contributed by atoms with E-state index in [-0.39, 0.29) is 5.91 Å². The Kier molecular flexibility index (Phi) is 5.52. The van der Waals surface area contributed by atoms with Crippen molar-refractivity contribution in [2.24, 2.45) is 0 Å². The topological polar surface area (TPSA) is 81.9 Å². The molecule has 0 aliphatic carbocycles. The fourth-order valence-corrected chi connectivity index (χ4v) is 2.93. The first-order valence-corrected chi connectivity index (χ1v) is 9.49. The van der Waals surface area contributed by atoms with E-state index in [4.69, 9.17) is 4.74 Å². The van der Waals surface area contributed by atoms with E-state index >= 15 is 0 Å². The van der Waals surface area contributed by atoms with Crippen LogP contribution >= 0.6 is 0 Å². The van der Waals surface area contributed by atoms with Crippen molar-refractivity contribution >= 4 is 11.9 Å². The minimum atomic E-state index is -0.277. The van der Waals surface area contributed by atoms with Crippen LogP contribution in [0.5, 0.6) is 5.75 Å². The molecular weight excluding hydrogens is 378 g/mol. The fraction of sp³-hybridized carbons (Fsp3) is 0.130. The summed E-state index contributed by atoms with van der Waals surface area (Å²) < 4.78 is 6.50. The summed E-state index contributed by atoms with van der Waals surface area (Å²) in [5.74, 6) is 1.37. The lowest BCUT2D eigenvalue weighted by molar-refractivity contribution is 0.0947. The van der Waals surface area contributed by atoms with Crippen LogP contribution in [-0.4, -0.2) is 32.8 Å². The van der Waals surface area contributed by atoms with E-state index in [0.29, 0.717) is 23.9 Å². The molecule has 7 heteroatoms. The number of aromatic nitrogens is 4. The van der Waals surface area contributed by atoms with E-state index in [1.54, 1.807) is 31.6 Å². The molecule has 0 unspecified atom stereocenters. The summed E-state index contributed by atoms with van der Waals surface area (Å²) in [6, 6.07) is 18.9. The maximum atomic E-state index is 13.0. The molecule has 0 amide bonds. The molecule has 2 heterocycles. The molecule has 30 heavy (non-hydrogen) atoms. The lowest BCUT2D eigenvalue weighted by Gasteiger charge is -2.08. The van der Waals surface area contributed by atoms with Gasteiger partial charge in [0, 0.05) is 30.1 Å². The summed E-state index contributed by atoms with van der Waals surface area (Å²) in [6.07, 6.45) is 3.16. The second-order valence-electron chi connectivity index (χ2n) is 6.78. The molecule has 0 saturated carbocycles. The number of rotatable bonds is 6. The van der Waals surface area contributed by atoms with Gasteiger partial charge in [-0.1, -0.05) is 42.0 Å². The van der Waals surface area contributed by atoms with Crippen molar-refractivity contribution in [3.05, 3.63) is 89.7 Å². The third-order valence-corrected chi connectivity index (χ3v) is 4.65. The standard InChI is InChI=1S/C23H21N5O2/c1-16-3-7-18(8-4-16)21-26-23(25-15-17-5-9-20(30-2)10-6-17)28(27-21)22(29)19-11-13-24-14-12-19/h3-14H,15H2,1-2H3,(H,25,26,27). The van der Waals surface area contributed by atoms with E-state index in [0.717, 1.165) is 22.4 Å². The Hall–Kier alpha value is -4.00. The first kappa shape index (κ1) is 19.3. The molecular formula is C23H21N5O2. The van der Waals surface area contributed by atoms with E-state index in [2.05, 4.69) is 20.4 Å². The van der Waals surface area contributed by atoms with Gasteiger partial charge >= 0.3 is 0 Å². The number of hydrogen-bond acceptors (Lipinski definition) is 6. The number of carbonyl (C=O) groups excluding carboxylic acids is 1. The van der Waals surface area contributed by atoms with Crippen LogP contribution in [0.15, 0.2) is 73.1 Å². The number of pyridine rings is 1. The van der Waals surface area contributed by atoms with Gasteiger partial charge in [0.15, 0.2) is 5.82 Å². The highest BCUT2D eigenvalue weighted by atomic mass is 16.5. The average Bonchev–Trinajstić information content (AvgIpc) is 3.23. The van der Waals surface area contributed by atoms with Gasteiger partial charge < -0.3 is 10.1 Å². The zero-order valence-electron chi connectivity index (χ0n) is 16.7. The van der Waals surface area contributed by atoms with Crippen LogP contribution in [-0.2, 0) is 6.54 Å². The van der Waals surface area contributed by atoms with Crippen LogP contribution in [0, 0.1) is 6.92 Å². The molecule has 0 radical (unpaired) electrons. The number of nitrogens with zero attached hydrogens (tertiary/aromatic N) is 4. The van der Waals surface area contributed by atoms with Gasteiger partial charge in [-0.2, -0.15) is 9.67 Å². The third-order valence-electron chi connectivity index (χ3n) is 4.65. The number of hydrogen-bond donors (Lipinski definition) is 1. The number of carbonyl (C=O) groups is 1. The first-order chi connectivity index (χ1) is 14.6. The number of methoxy groups -OCH3 is 1. The quantitative estimate of drug-likeness (QED) is 0.529. The minimum absolute atomic E-state index is 0.277. The Balaban J connectivity index is 1.65. The second kappa shape index (κ2) is 8.57. The van der Waals surface area contributed by atoms with E-state index in [9.17, 15) is 4.79 Å². The van der Waals surface area contributed by atoms with Crippen molar-refractivity contribution in [1.82, 2.24) is 19.7 Å². The van der Waals surface area contributed by atoms with Gasteiger partial charge in [0.25, 0.3) is 5.91 Å². The number of ether oxygens (including phenoxy) is 1. The van der Waals surface area contributed by atoms with Crippen LogP contribution in [0.1, 0.15) is 21.5 Å². The second-order valence-corrected chi connectivity index (χ2v) is 6.78. The van der Waals surface area contributed by atoms with Gasteiger partial charge in [-0.3, -0.25) is 9.78 Å². The van der Waals surface area contributed by atoms with Gasteiger partial charge in [-0.15, -0.1) is 5.10 Å². The van der Waals surface area contributed by atoms with Crippen molar-refractivity contribution in [3.63, 3.8) is 0 Å². The number of anilines is 1. The number of aryl methyl sites for hydroxylation is 1. The molecule has 1 N–H and O–H groups in total. The Morgan fingerprint density at radius 3 is 2.37 bits per heavy atom. The van der Waals surface area contributed by atoms with Crippen molar-refractivity contribution in [2.75, 3.05) is 12.4 Å². The van der Waals surface area contributed by atoms with Gasteiger partial charge in [-0.25, -0.2) is 0 Å². The van der Waals surface area contributed by atoms with Crippen LogP contribution in [0.3, 0.4) is 0 Å². The molecule has 0 aliphatic rings. The normalized spacial score (nSPS) is 10.6. The van der Waals surface area contributed by atoms with Gasteiger partial charge in [0.05, 0.1) is 7.11 Å². The van der Waals surface area contributed by atoms with Gasteiger partial charge in [0.1, 0.15) is 5.75 Å². The Morgan fingerprint density at radius 1 is 1.00 bits per heavy atom. The van der Waals surface area contributed by atoms with Crippen molar-refractivity contribution in [1.29, 1.82) is 0 Å². The summed E-state index contributed by atoms with van der Waals surface area (Å²) in [6.45, 7) is 2.50. The van der Waals surface area contributed by atoms with Crippen LogP contribution < -0.4 is 10.1 Å². The molecule has 0 atom stereocenters. The first-order valence-electron chi connectivity index (χ1n) is 9.49. The maximum absolute atomic E-state index is 13.0. The monoisotopic (exact) mass is 399 g/mol. The zero-order valence-corrected chi connectivity index (χ0v) is 16.7. The molecule has 150 valence electrons. The number of benzene rings is 2. The SMILES string of the molecule is COc1ccc(CNc2nc(-c3ccc(C)cc3)nn2C(=O)c2ccncc2)cc1. The lowest BCUT2D eigenvalue weighted by Crippen LogP contribution is -2.17. The molecule has 4 aromatic rings. The highest BCUT2D eigenvalue weighted by molar-refractivity contribution is 5.96. The molecule has 0 saturated heterocycles. The molecule has 7 nitrogen and oxygen atoms in total. The van der Waals surface area contributed by atoms with Crippen LogP contribution in [0.4, 0.5) is 5.95 Å². The molecule has 0 aliphatic heterocycles. The minimum Gasteiger partial charge on any atom is -0.497 e. The molecule has 2 aromatic heterocycles. The largest absolute Gasteiger partial charge is 0.497 e. The van der Waals surface area contributed by atoms with Crippen LogP contribution in [0.2, 0.25) is 0 Å². The van der Waals surface area contributed by atoms with E-state index in [1.807, 2.05) is 55.5 Å². The van der Waals surface area contributed by atoms with Crippen molar-refractivity contribution < 1.29 is 9.53 Å². The Labute approximate surface area is 174 Å². The Morgan fingerprint density at radius 2 is 1.70 bits per heavy atom. The average molecular weight is 399 g/mol. The lowest BCUT2D eigenvalue weighted by atomic mass is 10.1. The fourth-order valence-electron chi connectivity index (χ4n) is 2.93. The Bertz CT molecular complexity index is 1140. The van der Waals surface area contributed by atoms with Crippen molar-refractivity contribution in [2.45, 2.75) is 13.5 Å². The zero-order chi connectivity index (χ0) is 20.9. The predicted octanol–water partition coefficient (Wildman–Crippen LogP) is 3.96. The summed E-state index contributed by atoms with van der Waals surface area (Å²) in [4.78, 5) is 21.6. The van der Waals surface area contributed by atoms with Crippen molar-refractivity contribution in [3.8, 4) is 17.1 Å². The van der Waals surface area contributed by atoms with E-state index in [1.165, 1.54) is 4.68 Å². The number of nitrogens with one attached hydrogen (secondary N) is 1. The summed E-state index contributed by atoms with van der Waals surface area (Å²) >= 11 is 0. The summed E-state index contributed by atoms with van der Waals surface area (Å²) in [5.41, 5.74) is 3.50. The van der Waals surface area contributed by atoms with E-state index < -0.39 is 0 Å². The smallest absolute Gasteiger partial charge is 0.281 e. The maximum Gasteiger partial charge on any atom is 0.281 e. The van der Waals surface area contributed by atoms with Gasteiger partial charge in [-0.05, 0) is 36.8 Å². The molecule has 0 bridgehead atoms. The molecule has 2 aromatic carbocycles. The molecule has 4 rings (SSSR count).